The number of rotatable bonds is 4. The van der Waals surface area contributed by atoms with Crippen LogP contribution in [0.5, 0.6) is 0 Å². The third kappa shape index (κ3) is 3.86. The first-order valence-corrected chi connectivity index (χ1v) is 11.3. The number of carbonyl (C=O) groups excluding carboxylic acids is 2. The molecule has 0 saturated carbocycles. The number of allylic oxidation sites excluding steroid dienone is 2. The lowest BCUT2D eigenvalue weighted by Crippen LogP contribution is -2.43. The summed E-state index contributed by atoms with van der Waals surface area (Å²) in [5.74, 6) is -1.24. The molecule has 0 N–H and O–H groups in total. The number of imide groups is 1. The quantitative estimate of drug-likeness (QED) is 0.543. The molecule has 9 heteroatoms. The molecule has 0 radical (unpaired) electrons. The summed E-state index contributed by atoms with van der Waals surface area (Å²) < 4.78 is 40.2. The Balaban J connectivity index is 1.41. The number of hydrogen-bond donors (Lipinski definition) is 0. The van der Waals surface area contributed by atoms with E-state index in [0.29, 0.717) is 38.9 Å². The summed E-state index contributed by atoms with van der Waals surface area (Å²) >= 11 is 0. The topological polar surface area (TPSA) is 78.0 Å². The Labute approximate surface area is 169 Å². The number of hydrogen-bond acceptors (Lipinski definition) is 5. The number of fused-ring (bicyclic) bond motifs is 1. The summed E-state index contributed by atoms with van der Waals surface area (Å²) in [6.07, 6.45) is 5.72. The fourth-order valence-corrected chi connectivity index (χ4v) is 5.76. The average molecular weight is 421 g/mol. The minimum atomic E-state index is -3.71. The van der Waals surface area contributed by atoms with Crippen molar-refractivity contribution in [2.24, 2.45) is 11.8 Å². The van der Waals surface area contributed by atoms with Crippen molar-refractivity contribution in [1.29, 1.82) is 0 Å². The number of carbonyl (C=O) groups is 2. The molecule has 0 unspecified atom stereocenters. The van der Waals surface area contributed by atoms with Crippen LogP contribution in [0.3, 0.4) is 0 Å². The molecule has 156 valence electrons. The maximum absolute atomic E-state index is 13.1. The highest BCUT2D eigenvalue weighted by Crippen LogP contribution is 2.35. The van der Waals surface area contributed by atoms with Crippen molar-refractivity contribution < 1.29 is 22.4 Å². The Morgan fingerprint density at radius 2 is 1.52 bits per heavy atom. The van der Waals surface area contributed by atoms with E-state index >= 15 is 0 Å². The molecule has 2 aliphatic heterocycles. The van der Waals surface area contributed by atoms with Gasteiger partial charge in [0.25, 0.3) is 0 Å². The van der Waals surface area contributed by atoms with Crippen LogP contribution in [-0.4, -0.2) is 67.2 Å². The predicted octanol–water partition coefficient (Wildman–Crippen LogP) is 1.43. The van der Waals surface area contributed by atoms with Gasteiger partial charge in [-0.2, -0.15) is 4.31 Å². The summed E-state index contributed by atoms with van der Waals surface area (Å²) in [6.45, 7) is 1.82. The standard InChI is InChI=1S/C20H24FN3O4S/c21-15-6-8-16(9-7-15)29(27,28)23-11-3-10-22(12-13-23)14-24-19(25)17-4-1-2-5-18(17)20(24)26/h1-2,6-9,17-18H,3-5,10-14H2/t17-,18-/m0/s1. The zero-order valence-electron chi connectivity index (χ0n) is 16.0. The van der Waals surface area contributed by atoms with E-state index in [0.717, 1.165) is 12.1 Å². The van der Waals surface area contributed by atoms with Crippen molar-refractivity contribution in [2.75, 3.05) is 32.8 Å². The fraction of sp³-hybridized carbons (Fsp3) is 0.500. The van der Waals surface area contributed by atoms with E-state index in [9.17, 15) is 22.4 Å². The van der Waals surface area contributed by atoms with Gasteiger partial charge in [-0.3, -0.25) is 19.4 Å². The van der Waals surface area contributed by atoms with Gasteiger partial charge >= 0.3 is 0 Å². The molecule has 2 amide bonds. The van der Waals surface area contributed by atoms with Crippen LogP contribution in [0.1, 0.15) is 19.3 Å². The van der Waals surface area contributed by atoms with E-state index in [1.54, 1.807) is 0 Å². The molecule has 2 atom stereocenters. The van der Waals surface area contributed by atoms with Gasteiger partial charge in [0.1, 0.15) is 5.82 Å². The second-order valence-electron chi connectivity index (χ2n) is 7.73. The van der Waals surface area contributed by atoms with Gasteiger partial charge in [-0.05, 0) is 43.5 Å². The Kier molecular flexibility index (Phi) is 5.54. The van der Waals surface area contributed by atoms with E-state index in [-0.39, 0.29) is 41.8 Å². The molecule has 7 nitrogen and oxygen atoms in total. The molecule has 29 heavy (non-hydrogen) atoms. The van der Waals surface area contributed by atoms with Gasteiger partial charge in [0.05, 0.1) is 23.4 Å². The molecule has 1 aliphatic carbocycles. The van der Waals surface area contributed by atoms with E-state index in [4.69, 9.17) is 0 Å². The largest absolute Gasteiger partial charge is 0.284 e. The van der Waals surface area contributed by atoms with Gasteiger partial charge < -0.3 is 0 Å². The minimum absolute atomic E-state index is 0.0637. The zero-order chi connectivity index (χ0) is 20.6. The molecular weight excluding hydrogens is 397 g/mol. The van der Waals surface area contributed by atoms with Crippen molar-refractivity contribution in [3.8, 4) is 0 Å². The first-order chi connectivity index (χ1) is 13.9. The molecule has 3 aliphatic rings. The first-order valence-electron chi connectivity index (χ1n) is 9.86. The Bertz CT molecular complexity index is 906. The average Bonchev–Trinajstić information content (AvgIpc) is 2.88. The normalized spacial score (nSPS) is 26.6. The monoisotopic (exact) mass is 421 g/mol. The minimum Gasteiger partial charge on any atom is -0.284 e. The van der Waals surface area contributed by atoms with Gasteiger partial charge in [-0.25, -0.2) is 12.8 Å². The lowest BCUT2D eigenvalue weighted by Gasteiger charge is -2.26. The van der Waals surface area contributed by atoms with Crippen LogP contribution in [0.2, 0.25) is 0 Å². The van der Waals surface area contributed by atoms with Crippen molar-refractivity contribution in [3.63, 3.8) is 0 Å². The van der Waals surface area contributed by atoms with Crippen LogP contribution < -0.4 is 0 Å². The zero-order valence-corrected chi connectivity index (χ0v) is 16.9. The van der Waals surface area contributed by atoms with Crippen molar-refractivity contribution in [1.82, 2.24) is 14.1 Å². The highest BCUT2D eigenvalue weighted by molar-refractivity contribution is 7.89. The number of halogens is 1. The maximum atomic E-state index is 13.1. The summed E-state index contributed by atoms with van der Waals surface area (Å²) in [6, 6.07) is 4.81. The van der Waals surface area contributed by atoms with E-state index in [1.807, 2.05) is 17.1 Å². The predicted molar refractivity (Wildman–Crippen MR) is 103 cm³/mol. The van der Waals surface area contributed by atoms with Gasteiger partial charge in [0.15, 0.2) is 0 Å². The molecule has 2 fully saturated rings. The Morgan fingerprint density at radius 3 is 2.14 bits per heavy atom. The summed E-state index contributed by atoms with van der Waals surface area (Å²) in [7, 11) is -3.71. The van der Waals surface area contributed by atoms with Crippen LogP contribution in [0.25, 0.3) is 0 Å². The fourth-order valence-electron chi connectivity index (χ4n) is 4.29. The SMILES string of the molecule is O=C1[C@H]2CC=CC[C@@H]2C(=O)N1CN1CCCN(S(=O)(=O)c2ccc(F)cc2)CC1. The number of likely N-dealkylation sites (tertiary alicyclic amines) is 1. The van der Waals surface area contributed by atoms with Crippen LogP contribution in [-0.2, 0) is 19.6 Å². The smallest absolute Gasteiger partial charge is 0.243 e. The van der Waals surface area contributed by atoms with Gasteiger partial charge in [-0.15, -0.1) is 0 Å². The summed E-state index contributed by atoms with van der Waals surface area (Å²) in [5, 5.41) is 0. The third-order valence-corrected chi connectivity index (χ3v) is 7.85. The van der Waals surface area contributed by atoms with Gasteiger partial charge in [0.2, 0.25) is 21.8 Å². The van der Waals surface area contributed by atoms with Crippen LogP contribution >= 0.6 is 0 Å². The lowest BCUT2D eigenvalue weighted by atomic mass is 9.85. The van der Waals surface area contributed by atoms with Crippen LogP contribution in [0.4, 0.5) is 4.39 Å². The number of nitrogens with zero attached hydrogens (tertiary/aromatic N) is 3. The van der Waals surface area contributed by atoms with Crippen molar-refractivity contribution in [3.05, 3.63) is 42.2 Å². The Hall–Kier alpha value is -2.10. The van der Waals surface area contributed by atoms with E-state index in [2.05, 4.69) is 0 Å². The molecule has 4 rings (SSSR count). The summed E-state index contributed by atoms with van der Waals surface area (Å²) in [4.78, 5) is 28.7. The molecule has 2 heterocycles. The van der Waals surface area contributed by atoms with E-state index < -0.39 is 15.8 Å². The molecule has 0 bridgehead atoms. The number of amides is 2. The molecule has 0 aromatic heterocycles. The van der Waals surface area contributed by atoms with Crippen LogP contribution in [0, 0.1) is 17.7 Å². The maximum Gasteiger partial charge on any atom is 0.243 e. The molecular formula is C20H24FN3O4S. The second-order valence-corrected chi connectivity index (χ2v) is 9.67. The molecule has 1 aromatic rings. The van der Waals surface area contributed by atoms with Crippen molar-refractivity contribution >= 4 is 21.8 Å². The molecule has 0 spiro atoms. The highest BCUT2D eigenvalue weighted by atomic mass is 32.2. The number of sulfonamides is 1. The second kappa shape index (κ2) is 7.97. The highest BCUT2D eigenvalue weighted by Gasteiger charge is 2.47. The molecule has 2 saturated heterocycles. The number of benzene rings is 1. The van der Waals surface area contributed by atoms with Crippen LogP contribution in [0.15, 0.2) is 41.3 Å². The first kappa shape index (κ1) is 20.2. The van der Waals surface area contributed by atoms with E-state index in [1.165, 1.54) is 21.3 Å². The molecule has 1 aromatic carbocycles. The van der Waals surface area contributed by atoms with Gasteiger partial charge in [0, 0.05) is 26.2 Å². The van der Waals surface area contributed by atoms with Crippen molar-refractivity contribution in [2.45, 2.75) is 24.2 Å². The lowest BCUT2D eigenvalue weighted by molar-refractivity contribution is -0.142. The third-order valence-electron chi connectivity index (χ3n) is 5.94. The van der Waals surface area contributed by atoms with Gasteiger partial charge in [-0.1, -0.05) is 12.2 Å². The Morgan fingerprint density at radius 1 is 0.897 bits per heavy atom. The summed E-state index contributed by atoms with van der Waals surface area (Å²) in [5.41, 5.74) is 0.